The fourth-order valence-electron chi connectivity index (χ4n) is 1.04. The Balaban J connectivity index is 2.33. The highest BCUT2D eigenvalue weighted by Crippen LogP contribution is 1.99. The first-order chi connectivity index (χ1) is 8.63. The second-order valence-electron chi connectivity index (χ2n) is 3.21. The molecule has 0 radical (unpaired) electrons. The zero-order valence-corrected chi connectivity index (χ0v) is 9.55. The predicted octanol–water partition coefficient (Wildman–Crippen LogP) is -2.01. The highest BCUT2D eigenvalue weighted by molar-refractivity contribution is 5.92. The van der Waals surface area contributed by atoms with E-state index in [1.54, 1.807) is 0 Å². The molecule has 9 nitrogen and oxygen atoms in total. The third-order valence-corrected chi connectivity index (χ3v) is 1.79. The molecule has 2 amide bonds. The van der Waals surface area contributed by atoms with Gasteiger partial charge in [0.1, 0.15) is 12.3 Å². The molecule has 0 saturated carbocycles. The van der Waals surface area contributed by atoms with Crippen LogP contribution in [0, 0.1) is 0 Å². The molecule has 0 aliphatic rings. The lowest BCUT2D eigenvalue weighted by molar-refractivity contribution is -0.122. The highest BCUT2D eigenvalue weighted by Gasteiger charge is 2.07. The van der Waals surface area contributed by atoms with Gasteiger partial charge in [-0.3, -0.25) is 14.6 Å². The van der Waals surface area contributed by atoms with Crippen molar-refractivity contribution in [2.45, 2.75) is 0 Å². The molecule has 1 aromatic rings. The molecule has 18 heavy (non-hydrogen) atoms. The first kappa shape index (κ1) is 13.8. The van der Waals surface area contributed by atoms with E-state index in [0.29, 0.717) is 0 Å². The van der Waals surface area contributed by atoms with Gasteiger partial charge in [0.2, 0.25) is 5.91 Å². The predicted molar refractivity (Wildman–Crippen MR) is 62.2 cm³/mol. The van der Waals surface area contributed by atoms with Gasteiger partial charge in [-0.2, -0.15) is 0 Å². The minimum Gasteiger partial charge on any atom is -0.370 e. The number of nitrogen functional groups attached to an aromatic ring is 1. The summed E-state index contributed by atoms with van der Waals surface area (Å²) in [6, 6.07) is 0. The lowest BCUT2D eigenvalue weighted by atomic mass is 10.4. The third kappa shape index (κ3) is 4.72. The molecule has 0 saturated heterocycles. The SMILES string of the molecule is NNc1cncc(C(=O)NCCOCC(N)=O)n1. The summed E-state index contributed by atoms with van der Waals surface area (Å²) in [6.45, 7) is 0.229. The average Bonchev–Trinajstić information content (AvgIpc) is 2.37. The van der Waals surface area contributed by atoms with Gasteiger partial charge in [-0.15, -0.1) is 0 Å². The fraction of sp³-hybridized carbons (Fsp3) is 0.333. The molecule has 0 atom stereocenters. The van der Waals surface area contributed by atoms with Crippen molar-refractivity contribution in [3.63, 3.8) is 0 Å². The standard InChI is InChI=1S/C9H14N6O3/c10-7(16)5-18-2-1-13-9(17)6-3-12-4-8(14-6)15-11/h3-4H,1-2,5,11H2,(H2,10,16)(H,13,17)(H,14,15). The maximum absolute atomic E-state index is 11.6. The molecular weight excluding hydrogens is 240 g/mol. The number of nitrogens with two attached hydrogens (primary N) is 2. The molecule has 0 aliphatic carbocycles. The van der Waals surface area contributed by atoms with Crippen LogP contribution in [0.15, 0.2) is 12.4 Å². The molecule has 1 aromatic heterocycles. The normalized spacial score (nSPS) is 9.83. The zero-order valence-electron chi connectivity index (χ0n) is 9.55. The van der Waals surface area contributed by atoms with Crippen LogP contribution in [-0.4, -0.2) is 41.5 Å². The van der Waals surface area contributed by atoms with Crippen LogP contribution in [0.4, 0.5) is 5.82 Å². The van der Waals surface area contributed by atoms with Crippen LogP contribution in [-0.2, 0) is 9.53 Å². The van der Waals surface area contributed by atoms with Crippen LogP contribution in [0.2, 0.25) is 0 Å². The minimum atomic E-state index is -0.561. The Hall–Kier alpha value is -2.26. The zero-order chi connectivity index (χ0) is 13.4. The summed E-state index contributed by atoms with van der Waals surface area (Å²) < 4.78 is 4.87. The number of hydrazine groups is 1. The van der Waals surface area contributed by atoms with E-state index in [0.717, 1.165) is 0 Å². The van der Waals surface area contributed by atoms with Gasteiger partial charge in [-0.05, 0) is 0 Å². The number of nitrogens with one attached hydrogen (secondary N) is 2. The number of nitrogens with zero attached hydrogens (tertiary/aromatic N) is 2. The van der Waals surface area contributed by atoms with Crippen LogP contribution in [0.25, 0.3) is 0 Å². The van der Waals surface area contributed by atoms with Gasteiger partial charge < -0.3 is 21.2 Å². The maximum atomic E-state index is 11.6. The number of primary amides is 1. The van der Waals surface area contributed by atoms with E-state index in [4.69, 9.17) is 16.3 Å². The maximum Gasteiger partial charge on any atom is 0.271 e. The molecule has 1 heterocycles. The minimum absolute atomic E-state index is 0.125. The Morgan fingerprint density at radius 3 is 2.83 bits per heavy atom. The summed E-state index contributed by atoms with van der Waals surface area (Å²) >= 11 is 0. The van der Waals surface area contributed by atoms with Crippen molar-refractivity contribution in [3.8, 4) is 0 Å². The van der Waals surface area contributed by atoms with E-state index in [-0.39, 0.29) is 31.3 Å². The molecule has 0 fully saturated rings. The van der Waals surface area contributed by atoms with Gasteiger partial charge in [0.25, 0.3) is 5.91 Å². The summed E-state index contributed by atoms with van der Waals surface area (Å²) in [5, 5.41) is 2.54. The summed E-state index contributed by atoms with van der Waals surface area (Å²) in [4.78, 5) is 29.6. The van der Waals surface area contributed by atoms with E-state index in [2.05, 4.69) is 20.7 Å². The summed E-state index contributed by atoms with van der Waals surface area (Å²) in [7, 11) is 0. The molecule has 9 heteroatoms. The van der Waals surface area contributed by atoms with E-state index in [9.17, 15) is 9.59 Å². The van der Waals surface area contributed by atoms with E-state index < -0.39 is 11.8 Å². The smallest absolute Gasteiger partial charge is 0.271 e. The molecule has 0 spiro atoms. The van der Waals surface area contributed by atoms with Gasteiger partial charge in [-0.1, -0.05) is 0 Å². The first-order valence-electron chi connectivity index (χ1n) is 5.06. The Labute approximate surface area is 103 Å². The molecule has 1 rings (SSSR count). The topological polar surface area (TPSA) is 145 Å². The molecule has 0 unspecified atom stereocenters. The van der Waals surface area contributed by atoms with Gasteiger partial charge in [0, 0.05) is 6.54 Å². The number of hydrogen-bond donors (Lipinski definition) is 4. The monoisotopic (exact) mass is 254 g/mol. The van der Waals surface area contributed by atoms with Crippen LogP contribution in [0.5, 0.6) is 0 Å². The van der Waals surface area contributed by atoms with Crippen LogP contribution < -0.4 is 22.3 Å². The second-order valence-corrected chi connectivity index (χ2v) is 3.21. The van der Waals surface area contributed by atoms with Crippen LogP contribution >= 0.6 is 0 Å². The lowest BCUT2D eigenvalue weighted by Gasteiger charge is -2.05. The lowest BCUT2D eigenvalue weighted by Crippen LogP contribution is -2.29. The molecule has 0 bridgehead atoms. The Morgan fingerprint density at radius 2 is 2.17 bits per heavy atom. The van der Waals surface area contributed by atoms with Crippen LogP contribution in [0.3, 0.4) is 0 Å². The number of carbonyl (C=O) groups is 2. The van der Waals surface area contributed by atoms with Crippen molar-refractivity contribution in [1.29, 1.82) is 0 Å². The largest absolute Gasteiger partial charge is 0.370 e. The van der Waals surface area contributed by atoms with Gasteiger partial charge >= 0.3 is 0 Å². The number of ether oxygens (including phenoxy) is 1. The number of carbonyl (C=O) groups excluding carboxylic acids is 2. The Bertz CT molecular complexity index is 425. The molecular formula is C9H14N6O3. The summed E-state index contributed by atoms with van der Waals surface area (Å²) in [5.41, 5.74) is 7.28. The average molecular weight is 254 g/mol. The van der Waals surface area contributed by atoms with E-state index in [1.807, 2.05) is 0 Å². The summed E-state index contributed by atoms with van der Waals surface area (Å²) in [5.74, 6) is 4.45. The number of aromatic nitrogens is 2. The fourth-order valence-corrected chi connectivity index (χ4v) is 1.04. The van der Waals surface area contributed by atoms with Crippen molar-refractivity contribution in [3.05, 3.63) is 18.1 Å². The van der Waals surface area contributed by atoms with Gasteiger partial charge in [0.05, 0.1) is 19.0 Å². The number of amides is 2. The number of rotatable bonds is 7. The summed E-state index contributed by atoms with van der Waals surface area (Å²) in [6.07, 6.45) is 2.69. The van der Waals surface area contributed by atoms with Crippen LogP contribution in [0.1, 0.15) is 10.5 Å². The van der Waals surface area contributed by atoms with E-state index in [1.165, 1.54) is 12.4 Å². The van der Waals surface area contributed by atoms with Gasteiger partial charge in [0.15, 0.2) is 5.82 Å². The first-order valence-corrected chi connectivity index (χ1v) is 5.06. The number of anilines is 1. The quantitative estimate of drug-likeness (QED) is 0.250. The Kier molecular flexibility index (Phi) is 5.48. The molecule has 98 valence electrons. The molecule has 0 aliphatic heterocycles. The van der Waals surface area contributed by atoms with Crippen molar-refractivity contribution >= 4 is 17.6 Å². The van der Waals surface area contributed by atoms with Crippen molar-refractivity contribution in [2.24, 2.45) is 11.6 Å². The van der Waals surface area contributed by atoms with Gasteiger partial charge in [-0.25, -0.2) is 10.8 Å². The number of hydrogen-bond acceptors (Lipinski definition) is 7. The second kappa shape index (κ2) is 7.14. The van der Waals surface area contributed by atoms with E-state index >= 15 is 0 Å². The van der Waals surface area contributed by atoms with Crippen molar-refractivity contribution < 1.29 is 14.3 Å². The third-order valence-electron chi connectivity index (χ3n) is 1.79. The van der Waals surface area contributed by atoms with Crippen molar-refractivity contribution in [1.82, 2.24) is 15.3 Å². The Morgan fingerprint density at radius 1 is 1.39 bits per heavy atom. The molecule has 0 aromatic carbocycles. The highest BCUT2D eigenvalue weighted by atomic mass is 16.5. The molecule has 6 N–H and O–H groups in total. The van der Waals surface area contributed by atoms with Crippen molar-refractivity contribution in [2.75, 3.05) is 25.2 Å².